The number of halogens is 1. The van der Waals surface area contributed by atoms with Gasteiger partial charge in [0.15, 0.2) is 0 Å². The van der Waals surface area contributed by atoms with Gasteiger partial charge in [-0.2, -0.15) is 0 Å². The highest BCUT2D eigenvalue weighted by atomic mass is 35.5. The van der Waals surface area contributed by atoms with Gasteiger partial charge in [0.05, 0.1) is 11.4 Å². The predicted molar refractivity (Wildman–Crippen MR) is 82.4 cm³/mol. The third-order valence-electron chi connectivity index (χ3n) is 2.85. The first-order valence-corrected chi connectivity index (χ1v) is 8.77. The summed E-state index contributed by atoms with van der Waals surface area (Å²) in [5, 5.41) is 0. The third kappa shape index (κ3) is 5.03. The molecule has 0 heterocycles. The third-order valence-corrected chi connectivity index (χ3v) is 5.44. The number of anilines is 1. The Hall–Kier alpha value is -0.740. The van der Waals surface area contributed by atoms with Crippen LogP contribution in [0.15, 0.2) is 30.3 Å². The Morgan fingerprint density at radius 2 is 1.89 bits per heavy atom. The Kier molecular flexibility index (Phi) is 6.66. The normalized spacial score (nSPS) is 13.2. The van der Waals surface area contributed by atoms with E-state index in [4.69, 9.17) is 11.6 Å². The second-order valence-corrected chi connectivity index (χ2v) is 7.05. The minimum atomic E-state index is -3.31. The second-order valence-electron chi connectivity index (χ2n) is 4.80. The van der Waals surface area contributed by atoms with E-state index in [0.717, 1.165) is 18.5 Å². The van der Waals surface area contributed by atoms with Crippen LogP contribution < -0.4 is 4.31 Å². The van der Waals surface area contributed by atoms with Gasteiger partial charge in [-0.1, -0.05) is 38.5 Å². The van der Waals surface area contributed by atoms with Gasteiger partial charge in [0.25, 0.3) is 0 Å². The molecule has 0 spiro atoms. The molecule has 0 N–H and O–H groups in total. The first-order valence-electron chi connectivity index (χ1n) is 6.62. The molecule has 1 unspecified atom stereocenters. The van der Waals surface area contributed by atoms with Crippen molar-refractivity contribution in [2.75, 3.05) is 22.5 Å². The number of hydrogen-bond donors (Lipinski definition) is 0. The van der Waals surface area contributed by atoms with Gasteiger partial charge < -0.3 is 0 Å². The van der Waals surface area contributed by atoms with Gasteiger partial charge in [-0.05, 0) is 24.5 Å². The summed E-state index contributed by atoms with van der Waals surface area (Å²) in [6, 6.07) is 9.26. The van der Waals surface area contributed by atoms with Crippen LogP contribution in [0.25, 0.3) is 0 Å². The van der Waals surface area contributed by atoms with E-state index in [-0.39, 0.29) is 11.7 Å². The lowest BCUT2D eigenvalue weighted by atomic mass is 10.3. The molecule has 1 aromatic rings. The highest BCUT2D eigenvalue weighted by Crippen LogP contribution is 2.20. The topological polar surface area (TPSA) is 37.4 Å². The van der Waals surface area contributed by atoms with Crippen LogP contribution in [0.2, 0.25) is 0 Å². The van der Waals surface area contributed by atoms with Gasteiger partial charge in [-0.25, -0.2) is 8.42 Å². The zero-order valence-corrected chi connectivity index (χ0v) is 13.1. The Balaban J connectivity index is 2.97. The van der Waals surface area contributed by atoms with Gasteiger partial charge in [-0.3, -0.25) is 4.31 Å². The number of rotatable bonds is 8. The fourth-order valence-corrected chi connectivity index (χ4v) is 3.92. The maximum absolute atomic E-state index is 12.5. The first-order chi connectivity index (χ1) is 9.01. The van der Waals surface area contributed by atoms with Crippen molar-refractivity contribution >= 4 is 27.3 Å². The van der Waals surface area contributed by atoms with E-state index < -0.39 is 10.0 Å². The van der Waals surface area contributed by atoms with E-state index >= 15 is 0 Å². The number of para-hydroxylation sites is 1. The van der Waals surface area contributed by atoms with Gasteiger partial charge in [0, 0.05) is 12.4 Å². The molecule has 0 fully saturated rings. The number of sulfonamides is 1. The molecule has 0 bridgehead atoms. The Labute approximate surface area is 121 Å². The highest BCUT2D eigenvalue weighted by Gasteiger charge is 2.24. The van der Waals surface area contributed by atoms with Crippen molar-refractivity contribution in [2.24, 2.45) is 5.92 Å². The van der Waals surface area contributed by atoms with Crippen LogP contribution in [-0.2, 0) is 10.0 Å². The molecule has 0 saturated heterocycles. The standard InChI is InChI=1S/C14H22ClNO2S/c1-3-4-10-16(14-8-6-5-7-9-14)19(17,18)12-13(2)11-15/h5-9,13H,3-4,10-12H2,1-2H3. The summed E-state index contributed by atoms with van der Waals surface area (Å²) in [5.74, 6) is 0.407. The van der Waals surface area contributed by atoms with Crippen molar-refractivity contribution in [1.29, 1.82) is 0 Å². The molecule has 0 amide bonds. The Bertz CT molecular complexity index is 462. The van der Waals surface area contributed by atoms with E-state index in [9.17, 15) is 8.42 Å². The fourth-order valence-electron chi connectivity index (χ4n) is 1.82. The molecule has 0 saturated carbocycles. The van der Waals surface area contributed by atoms with Crippen LogP contribution in [0.4, 0.5) is 5.69 Å². The summed E-state index contributed by atoms with van der Waals surface area (Å²) >= 11 is 5.73. The lowest BCUT2D eigenvalue weighted by Crippen LogP contribution is -2.36. The molecule has 0 radical (unpaired) electrons. The van der Waals surface area contributed by atoms with E-state index in [1.54, 1.807) is 0 Å². The SMILES string of the molecule is CCCCN(c1ccccc1)S(=O)(=O)CC(C)CCl. The Morgan fingerprint density at radius 3 is 2.42 bits per heavy atom. The van der Waals surface area contributed by atoms with Crippen molar-refractivity contribution in [1.82, 2.24) is 0 Å². The number of hydrogen-bond acceptors (Lipinski definition) is 2. The van der Waals surface area contributed by atoms with E-state index in [0.29, 0.717) is 12.4 Å². The van der Waals surface area contributed by atoms with Crippen LogP contribution in [0.3, 0.4) is 0 Å². The first kappa shape index (κ1) is 16.3. The van der Waals surface area contributed by atoms with Crippen LogP contribution >= 0.6 is 11.6 Å². The molecule has 1 aromatic carbocycles. The minimum Gasteiger partial charge on any atom is -0.270 e. The van der Waals surface area contributed by atoms with Crippen LogP contribution in [0, 0.1) is 5.92 Å². The van der Waals surface area contributed by atoms with E-state index in [1.165, 1.54) is 4.31 Å². The fraction of sp³-hybridized carbons (Fsp3) is 0.571. The zero-order valence-electron chi connectivity index (χ0n) is 11.5. The second kappa shape index (κ2) is 7.75. The van der Waals surface area contributed by atoms with Gasteiger partial charge in [-0.15, -0.1) is 11.6 Å². The number of benzene rings is 1. The molecule has 0 aliphatic heterocycles. The van der Waals surface area contributed by atoms with Crippen molar-refractivity contribution in [2.45, 2.75) is 26.7 Å². The summed E-state index contributed by atoms with van der Waals surface area (Å²) < 4.78 is 26.5. The summed E-state index contributed by atoms with van der Waals surface area (Å²) in [6.07, 6.45) is 1.81. The molecular weight excluding hydrogens is 282 g/mol. The zero-order chi connectivity index (χ0) is 14.3. The molecule has 0 aliphatic carbocycles. The molecule has 0 aromatic heterocycles. The van der Waals surface area contributed by atoms with Crippen LogP contribution in [0.5, 0.6) is 0 Å². The maximum Gasteiger partial charge on any atom is 0.235 e. The van der Waals surface area contributed by atoms with E-state index in [2.05, 4.69) is 6.92 Å². The van der Waals surface area contributed by atoms with Crippen LogP contribution in [-0.4, -0.2) is 26.6 Å². The van der Waals surface area contributed by atoms with Crippen molar-refractivity contribution in [3.05, 3.63) is 30.3 Å². The number of unbranched alkanes of at least 4 members (excludes halogenated alkanes) is 1. The van der Waals surface area contributed by atoms with Gasteiger partial charge in [0.2, 0.25) is 10.0 Å². The van der Waals surface area contributed by atoms with Crippen molar-refractivity contribution < 1.29 is 8.42 Å². The van der Waals surface area contributed by atoms with Gasteiger partial charge in [0.1, 0.15) is 0 Å². The average molecular weight is 304 g/mol. The van der Waals surface area contributed by atoms with Crippen LogP contribution in [0.1, 0.15) is 26.7 Å². The molecule has 1 rings (SSSR count). The summed E-state index contributed by atoms with van der Waals surface area (Å²) in [5.41, 5.74) is 0.734. The van der Waals surface area contributed by atoms with Crippen molar-refractivity contribution in [3.8, 4) is 0 Å². The number of alkyl halides is 1. The molecular formula is C14H22ClNO2S. The molecule has 1 atom stereocenters. The predicted octanol–water partition coefficient (Wildman–Crippen LogP) is 3.50. The molecule has 0 aliphatic rings. The molecule has 108 valence electrons. The van der Waals surface area contributed by atoms with E-state index in [1.807, 2.05) is 37.3 Å². The lowest BCUT2D eigenvalue weighted by Gasteiger charge is -2.25. The molecule has 19 heavy (non-hydrogen) atoms. The summed E-state index contributed by atoms with van der Waals surface area (Å²) in [7, 11) is -3.31. The largest absolute Gasteiger partial charge is 0.270 e. The monoisotopic (exact) mass is 303 g/mol. The summed E-state index contributed by atoms with van der Waals surface area (Å²) in [4.78, 5) is 0. The average Bonchev–Trinajstić information content (AvgIpc) is 2.39. The van der Waals surface area contributed by atoms with Crippen molar-refractivity contribution in [3.63, 3.8) is 0 Å². The number of nitrogens with zero attached hydrogens (tertiary/aromatic N) is 1. The smallest absolute Gasteiger partial charge is 0.235 e. The van der Waals surface area contributed by atoms with Gasteiger partial charge >= 0.3 is 0 Å². The minimum absolute atomic E-state index is 0.0421. The highest BCUT2D eigenvalue weighted by molar-refractivity contribution is 7.92. The maximum atomic E-state index is 12.5. The molecule has 3 nitrogen and oxygen atoms in total. The lowest BCUT2D eigenvalue weighted by molar-refractivity contribution is 0.576. The molecule has 5 heteroatoms. The Morgan fingerprint density at radius 1 is 1.26 bits per heavy atom. The summed E-state index contributed by atoms with van der Waals surface area (Å²) in [6.45, 7) is 4.43. The quantitative estimate of drug-likeness (QED) is 0.689.